The van der Waals surface area contributed by atoms with E-state index in [1.807, 2.05) is 11.4 Å². The van der Waals surface area contributed by atoms with E-state index in [0.29, 0.717) is 12.3 Å². The molecule has 2 heterocycles. The van der Waals surface area contributed by atoms with E-state index in [1.165, 1.54) is 4.88 Å². The zero-order chi connectivity index (χ0) is 12.3. The molecule has 0 amide bonds. The van der Waals surface area contributed by atoms with Crippen LogP contribution in [0.2, 0.25) is 0 Å². The summed E-state index contributed by atoms with van der Waals surface area (Å²) in [6.07, 6.45) is 1.57. The summed E-state index contributed by atoms with van der Waals surface area (Å²) in [6.45, 7) is 2.92. The Labute approximate surface area is 113 Å². The van der Waals surface area contributed by atoms with Gasteiger partial charge in [-0.3, -0.25) is 0 Å². The first kappa shape index (κ1) is 12.8. The van der Waals surface area contributed by atoms with E-state index in [1.54, 1.807) is 36.7 Å². The number of hydrogen-bond acceptors (Lipinski definition) is 4. The number of thiophene rings is 1. The molecular formula is C12H14BrNO2S. The zero-order valence-corrected chi connectivity index (χ0v) is 11.8. The van der Waals surface area contributed by atoms with Gasteiger partial charge < -0.3 is 14.8 Å². The van der Waals surface area contributed by atoms with Crippen molar-refractivity contribution in [1.82, 2.24) is 5.32 Å². The molecular weight excluding hydrogens is 302 g/mol. The summed E-state index contributed by atoms with van der Waals surface area (Å²) in [7, 11) is 0. The average Bonchev–Trinajstić information content (AvgIpc) is 2.90. The number of furan rings is 1. The molecule has 0 fully saturated rings. The molecule has 0 bridgehead atoms. The van der Waals surface area contributed by atoms with Crippen molar-refractivity contribution >= 4 is 27.3 Å². The van der Waals surface area contributed by atoms with Gasteiger partial charge in [0.15, 0.2) is 0 Å². The molecule has 92 valence electrons. The molecule has 0 aliphatic rings. The second kappa shape index (κ2) is 5.35. The van der Waals surface area contributed by atoms with Gasteiger partial charge in [-0.25, -0.2) is 0 Å². The molecule has 0 saturated heterocycles. The summed E-state index contributed by atoms with van der Waals surface area (Å²) < 4.78 is 6.32. The molecule has 2 N–H and O–H groups in total. The quantitative estimate of drug-likeness (QED) is 0.891. The van der Waals surface area contributed by atoms with Crippen molar-refractivity contribution in [1.29, 1.82) is 0 Å². The van der Waals surface area contributed by atoms with Gasteiger partial charge in [0, 0.05) is 22.4 Å². The van der Waals surface area contributed by atoms with Gasteiger partial charge in [0.05, 0.1) is 6.26 Å². The average molecular weight is 316 g/mol. The Morgan fingerprint density at radius 2 is 2.35 bits per heavy atom. The standard InChI is InChI=1S/C12H14BrNO2S/c1-12(15,11-3-2-5-16-11)8-14-7-10-9(13)4-6-17-10/h2-6,14-15H,7-8H2,1H3/t12-/m1/s1. The van der Waals surface area contributed by atoms with E-state index in [-0.39, 0.29) is 0 Å². The summed E-state index contributed by atoms with van der Waals surface area (Å²) in [5.74, 6) is 0.579. The molecule has 2 rings (SSSR count). The van der Waals surface area contributed by atoms with Gasteiger partial charge in [0.2, 0.25) is 0 Å². The van der Waals surface area contributed by atoms with E-state index in [2.05, 4.69) is 21.2 Å². The van der Waals surface area contributed by atoms with Crippen LogP contribution in [0.1, 0.15) is 17.6 Å². The highest BCUT2D eigenvalue weighted by molar-refractivity contribution is 9.10. The summed E-state index contributed by atoms with van der Waals surface area (Å²) in [6, 6.07) is 5.58. The van der Waals surface area contributed by atoms with Crippen molar-refractivity contribution in [2.24, 2.45) is 0 Å². The van der Waals surface area contributed by atoms with Crippen LogP contribution in [0.4, 0.5) is 0 Å². The van der Waals surface area contributed by atoms with Gasteiger partial charge in [-0.15, -0.1) is 11.3 Å². The van der Waals surface area contributed by atoms with Crippen molar-refractivity contribution < 1.29 is 9.52 Å². The predicted octanol–water partition coefficient (Wildman–Crippen LogP) is 3.10. The molecule has 0 aromatic carbocycles. The second-order valence-electron chi connectivity index (χ2n) is 4.05. The van der Waals surface area contributed by atoms with Crippen LogP contribution in [-0.4, -0.2) is 11.7 Å². The molecule has 0 aliphatic heterocycles. The fourth-order valence-electron chi connectivity index (χ4n) is 1.54. The minimum atomic E-state index is -0.979. The molecule has 0 spiro atoms. The van der Waals surface area contributed by atoms with Crippen LogP contribution in [0.5, 0.6) is 0 Å². The molecule has 0 aliphatic carbocycles. The van der Waals surface area contributed by atoms with E-state index in [4.69, 9.17) is 4.42 Å². The Morgan fingerprint density at radius 1 is 1.53 bits per heavy atom. The lowest BCUT2D eigenvalue weighted by Crippen LogP contribution is -2.34. The predicted molar refractivity (Wildman–Crippen MR) is 72.0 cm³/mol. The highest BCUT2D eigenvalue weighted by Gasteiger charge is 2.25. The lowest BCUT2D eigenvalue weighted by atomic mass is 10.0. The van der Waals surface area contributed by atoms with E-state index in [9.17, 15) is 5.11 Å². The van der Waals surface area contributed by atoms with Crippen molar-refractivity contribution in [2.45, 2.75) is 19.1 Å². The lowest BCUT2D eigenvalue weighted by Gasteiger charge is -2.21. The molecule has 0 unspecified atom stereocenters. The van der Waals surface area contributed by atoms with E-state index in [0.717, 1.165) is 11.0 Å². The number of nitrogens with one attached hydrogen (secondary N) is 1. The number of aliphatic hydroxyl groups is 1. The van der Waals surface area contributed by atoms with E-state index < -0.39 is 5.60 Å². The van der Waals surface area contributed by atoms with Gasteiger partial charge in [-0.05, 0) is 46.4 Å². The summed E-state index contributed by atoms with van der Waals surface area (Å²) in [5.41, 5.74) is -0.979. The number of hydrogen-bond donors (Lipinski definition) is 2. The maximum Gasteiger partial charge on any atom is 0.136 e. The van der Waals surface area contributed by atoms with Crippen molar-refractivity contribution in [2.75, 3.05) is 6.54 Å². The summed E-state index contributed by atoms with van der Waals surface area (Å²) >= 11 is 5.16. The van der Waals surface area contributed by atoms with Crippen LogP contribution in [0.15, 0.2) is 38.7 Å². The summed E-state index contributed by atoms with van der Waals surface area (Å²) in [5, 5.41) is 15.5. The monoisotopic (exact) mass is 315 g/mol. The first-order chi connectivity index (χ1) is 8.09. The highest BCUT2D eigenvalue weighted by atomic mass is 79.9. The molecule has 0 radical (unpaired) electrons. The van der Waals surface area contributed by atoms with E-state index >= 15 is 0 Å². The van der Waals surface area contributed by atoms with Crippen LogP contribution in [0.25, 0.3) is 0 Å². The first-order valence-electron chi connectivity index (χ1n) is 5.28. The van der Waals surface area contributed by atoms with Crippen LogP contribution in [0.3, 0.4) is 0 Å². The maximum atomic E-state index is 10.2. The normalized spacial score (nSPS) is 14.8. The third-order valence-corrected chi connectivity index (χ3v) is 4.42. The molecule has 5 heteroatoms. The smallest absolute Gasteiger partial charge is 0.136 e. The molecule has 17 heavy (non-hydrogen) atoms. The Morgan fingerprint density at radius 3 is 2.94 bits per heavy atom. The third-order valence-electron chi connectivity index (χ3n) is 2.50. The van der Waals surface area contributed by atoms with Gasteiger partial charge in [-0.1, -0.05) is 0 Å². The van der Waals surface area contributed by atoms with Crippen LogP contribution in [-0.2, 0) is 12.1 Å². The van der Waals surface area contributed by atoms with Crippen LogP contribution in [0, 0.1) is 0 Å². The minimum Gasteiger partial charge on any atom is -0.466 e. The first-order valence-corrected chi connectivity index (χ1v) is 6.96. The Balaban J connectivity index is 1.88. The summed E-state index contributed by atoms with van der Waals surface area (Å²) in [4.78, 5) is 1.22. The fourth-order valence-corrected chi connectivity index (χ4v) is 3.00. The molecule has 3 nitrogen and oxygen atoms in total. The Kier molecular flexibility index (Phi) is 4.04. The van der Waals surface area contributed by atoms with Crippen molar-refractivity contribution in [3.8, 4) is 0 Å². The van der Waals surface area contributed by atoms with Gasteiger partial charge >= 0.3 is 0 Å². The Hall–Kier alpha value is -0.620. The number of halogens is 1. The van der Waals surface area contributed by atoms with Crippen LogP contribution >= 0.6 is 27.3 Å². The van der Waals surface area contributed by atoms with Crippen molar-refractivity contribution in [3.63, 3.8) is 0 Å². The zero-order valence-electron chi connectivity index (χ0n) is 9.44. The van der Waals surface area contributed by atoms with Gasteiger partial charge in [-0.2, -0.15) is 0 Å². The molecule has 1 atom stereocenters. The molecule has 2 aromatic rings. The maximum absolute atomic E-state index is 10.2. The van der Waals surface area contributed by atoms with Gasteiger partial charge in [0.1, 0.15) is 11.4 Å². The second-order valence-corrected chi connectivity index (χ2v) is 5.90. The number of rotatable bonds is 5. The molecule has 2 aromatic heterocycles. The third kappa shape index (κ3) is 3.19. The topological polar surface area (TPSA) is 45.4 Å². The van der Waals surface area contributed by atoms with Crippen LogP contribution < -0.4 is 5.32 Å². The van der Waals surface area contributed by atoms with Gasteiger partial charge in [0.25, 0.3) is 0 Å². The lowest BCUT2D eigenvalue weighted by molar-refractivity contribution is 0.0341. The Bertz CT molecular complexity index is 465. The highest BCUT2D eigenvalue weighted by Crippen LogP contribution is 2.23. The SMILES string of the molecule is C[C@@](O)(CNCc1sccc1Br)c1ccco1. The fraction of sp³-hybridized carbons (Fsp3) is 0.333. The minimum absolute atomic E-state index is 0.449. The van der Waals surface area contributed by atoms with Crippen molar-refractivity contribution in [3.05, 3.63) is 45.0 Å². The largest absolute Gasteiger partial charge is 0.466 e. The molecule has 0 saturated carbocycles.